The Morgan fingerprint density at radius 3 is 1.74 bits per heavy atom. The fourth-order valence-electron chi connectivity index (χ4n) is 7.23. The number of hydrogen-bond donors (Lipinski definition) is 5. The molecule has 0 aliphatic carbocycles. The minimum absolute atomic E-state index is 0.0769. The van der Waals surface area contributed by atoms with Crippen LogP contribution in [0.25, 0.3) is 0 Å². The molecule has 0 amide bonds. The van der Waals surface area contributed by atoms with E-state index in [1.807, 2.05) is 24.3 Å². The molecule has 2 heterocycles. The molecule has 2 rings (SSSR count). The number of allylic oxidation sites excluding steroid dienone is 12. The first-order valence-corrected chi connectivity index (χ1v) is 28.9. The first-order chi connectivity index (χ1) is 34.7. The van der Waals surface area contributed by atoms with Crippen molar-refractivity contribution in [1.29, 1.82) is 0 Å². The van der Waals surface area contributed by atoms with E-state index < -0.39 is 83.7 Å². The van der Waals surface area contributed by atoms with Gasteiger partial charge < -0.3 is 39.9 Å². The number of aromatic nitrogens is 2. The van der Waals surface area contributed by atoms with Crippen LogP contribution < -0.4 is 11.4 Å². The molecule has 1 aliphatic rings. The van der Waals surface area contributed by atoms with Gasteiger partial charge in [-0.25, -0.2) is 13.9 Å². The molecule has 408 valence electrons. The van der Waals surface area contributed by atoms with Crippen LogP contribution in [-0.2, 0) is 46.3 Å². The average molecular weight is 1050 g/mol. The van der Waals surface area contributed by atoms with Crippen molar-refractivity contribution in [2.75, 3.05) is 25.6 Å². The van der Waals surface area contributed by atoms with Crippen LogP contribution in [0.2, 0.25) is 0 Å². The molecule has 0 saturated carbocycles. The van der Waals surface area contributed by atoms with Crippen molar-refractivity contribution in [2.24, 2.45) is 0 Å². The molecular formula is C52H85N3O15P2. The molecule has 1 fully saturated rings. The maximum atomic E-state index is 12.8. The second-order valence-corrected chi connectivity index (χ2v) is 20.7. The Morgan fingerprint density at radius 1 is 0.667 bits per heavy atom. The third kappa shape index (κ3) is 31.7. The predicted octanol–water partition coefficient (Wildman–Crippen LogP) is 10.9. The fourth-order valence-corrected chi connectivity index (χ4v) is 9.34. The Bertz CT molecular complexity index is 1990. The van der Waals surface area contributed by atoms with E-state index in [4.69, 9.17) is 29.0 Å². The molecule has 0 aromatic carbocycles. The standard InChI is InChI=1S/C52H85N3O15P2/c1-3-5-7-9-11-13-15-17-19-20-21-22-24-26-28-30-32-34-36-38-48(57)68-44(41-65-47(56)37-35-33-31-29-27-25-23-18-16-14-12-10-8-6-4-2)42-66-71(61,62)70-72(63,64)67-43-45-49(58)50(59)51(69-45)55-40-39-46(53)54-52(55)60/h11,13-14,16-17,19,21-22,26,28,32,34,39-40,44-45,49-51,58-59H,3-10,12,15,18,20,23-25,27,29-31,33,35-38,41-43H2,1-2H3,(H,61,62)(H,63,64)(H2,53,54,60)/b13-11-,16-14-,19-17-,22-21-,28-26-,34-32-/t44-,45-,49+,50?,51-/m1/s1. The zero-order valence-corrected chi connectivity index (χ0v) is 44.5. The summed E-state index contributed by atoms with van der Waals surface area (Å²) in [5.41, 5.74) is 4.58. The van der Waals surface area contributed by atoms with E-state index in [1.54, 1.807) is 0 Å². The summed E-state index contributed by atoms with van der Waals surface area (Å²) >= 11 is 0. The number of anilines is 1. The van der Waals surface area contributed by atoms with Gasteiger partial charge in [0.2, 0.25) is 0 Å². The second-order valence-electron chi connectivity index (χ2n) is 17.7. The highest BCUT2D eigenvalue weighted by molar-refractivity contribution is 7.61. The Morgan fingerprint density at radius 2 is 1.15 bits per heavy atom. The van der Waals surface area contributed by atoms with Gasteiger partial charge in [-0.3, -0.25) is 23.2 Å². The Kier molecular flexibility index (Phi) is 35.4. The van der Waals surface area contributed by atoms with Crippen LogP contribution in [0.15, 0.2) is 90.0 Å². The molecule has 0 spiro atoms. The van der Waals surface area contributed by atoms with Crippen molar-refractivity contribution in [2.45, 2.75) is 199 Å². The topological polar surface area (TPSA) is 265 Å². The molecule has 0 bridgehead atoms. The molecule has 1 aliphatic heterocycles. The lowest BCUT2D eigenvalue weighted by molar-refractivity contribution is -0.161. The van der Waals surface area contributed by atoms with Crippen molar-refractivity contribution in [3.05, 3.63) is 95.7 Å². The van der Waals surface area contributed by atoms with Gasteiger partial charge in [0.25, 0.3) is 0 Å². The van der Waals surface area contributed by atoms with E-state index in [0.29, 0.717) is 19.3 Å². The van der Waals surface area contributed by atoms with Crippen LogP contribution in [0.5, 0.6) is 0 Å². The normalized spacial score (nSPS) is 19.6. The predicted molar refractivity (Wildman–Crippen MR) is 279 cm³/mol. The number of nitrogens with two attached hydrogens (primary N) is 1. The summed E-state index contributed by atoms with van der Waals surface area (Å²) in [5, 5.41) is 20.9. The zero-order chi connectivity index (χ0) is 52.7. The van der Waals surface area contributed by atoms with Crippen molar-refractivity contribution < 1.29 is 66.3 Å². The van der Waals surface area contributed by atoms with Crippen LogP contribution in [-0.4, -0.2) is 85.7 Å². The zero-order valence-electron chi connectivity index (χ0n) is 42.7. The number of nitrogen functional groups attached to an aromatic ring is 1. The van der Waals surface area contributed by atoms with E-state index in [1.165, 1.54) is 51.0 Å². The smallest absolute Gasteiger partial charge is 0.462 e. The molecule has 20 heteroatoms. The van der Waals surface area contributed by atoms with E-state index in [0.717, 1.165) is 87.8 Å². The Labute approximate surface area is 427 Å². The van der Waals surface area contributed by atoms with E-state index in [2.05, 4.69) is 71.8 Å². The third-order valence-electron chi connectivity index (χ3n) is 11.3. The Hall–Kier alpha value is -3.80. The lowest BCUT2D eigenvalue weighted by atomic mass is 10.1. The summed E-state index contributed by atoms with van der Waals surface area (Å²) in [6, 6.07) is 1.24. The summed E-state index contributed by atoms with van der Waals surface area (Å²) in [6.07, 6.45) is 41.4. The van der Waals surface area contributed by atoms with Crippen LogP contribution in [0.4, 0.5) is 5.82 Å². The van der Waals surface area contributed by atoms with Crippen molar-refractivity contribution in [1.82, 2.24) is 9.55 Å². The summed E-state index contributed by atoms with van der Waals surface area (Å²) in [6.45, 7) is 2.04. The lowest BCUT2D eigenvalue weighted by Crippen LogP contribution is -2.36. The first-order valence-electron chi connectivity index (χ1n) is 25.9. The van der Waals surface area contributed by atoms with Gasteiger partial charge in [0.05, 0.1) is 13.2 Å². The number of ether oxygens (including phenoxy) is 3. The molecular weight excluding hydrogens is 969 g/mol. The van der Waals surface area contributed by atoms with Gasteiger partial charge in [-0.15, -0.1) is 0 Å². The van der Waals surface area contributed by atoms with Crippen molar-refractivity contribution >= 4 is 33.4 Å². The number of aliphatic hydroxyl groups excluding tert-OH is 2. The minimum Gasteiger partial charge on any atom is -0.462 e. The quantitative estimate of drug-likeness (QED) is 0.0176. The van der Waals surface area contributed by atoms with Gasteiger partial charge in [-0.1, -0.05) is 151 Å². The number of esters is 2. The van der Waals surface area contributed by atoms with E-state index in [9.17, 15) is 43.5 Å². The first kappa shape index (κ1) is 64.3. The van der Waals surface area contributed by atoms with Crippen LogP contribution in [0.3, 0.4) is 0 Å². The molecule has 18 nitrogen and oxygen atoms in total. The van der Waals surface area contributed by atoms with Gasteiger partial charge in [0.15, 0.2) is 12.3 Å². The molecule has 6 N–H and O–H groups in total. The highest BCUT2D eigenvalue weighted by atomic mass is 31.3. The van der Waals surface area contributed by atoms with Crippen molar-refractivity contribution in [3.63, 3.8) is 0 Å². The number of unbranched alkanes of at least 4 members (excludes halogenated alkanes) is 14. The van der Waals surface area contributed by atoms with Crippen molar-refractivity contribution in [3.8, 4) is 0 Å². The minimum atomic E-state index is -5.44. The fraction of sp³-hybridized carbons (Fsp3) is 0.654. The number of rotatable bonds is 42. The van der Waals surface area contributed by atoms with E-state index >= 15 is 0 Å². The molecule has 7 atom stereocenters. The lowest BCUT2D eigenvalue weighted by Gasteiger charge is -2.21. The summed E-state index contributed by atoms with van der Waals surface area (Å²) in [7, 11) is -10.9. The number of aliphatic hydroxyl groups is 2. The third-order valence-corrected chi connectivity index (χ3v) is 13.9. The van der Waals surface area contributed by atoms with Gasteiger partial charge in [-0.05, 0) is 83.1 Å². The number of hydrogen-bond acceptors (Lipinski definition) is 15. The summed E-state index contributed by atoms with van der Waals surface area (Å²) in [4.78, 5) is 61.9. The highest BCUT2D eigenvalue weighted by Gasteiger charge is 2.46. The van der Waals surface area contributed by atoms with Gasteiger partial charge in [0.1, 0.15) is 30.7 Å². The van der Waals surface area contributed by atoms with Crippen LogP contribution in [0, 0.1) is 0 Å². The summed E-state index contributed by atoms with van der Waals surface area (Å²) < 4.78 is 56.7. The number of carbonyl (C=O) groups is 2. The molecule has 0 radical (unpaired) electrons. The van der Waals surface area contributed by atoms with E-state index in [-0.39, 0.29) is 18.7 Å². The molecule has 3 unspecified atom stereocenters. The molecule has 1 aromatic rings. The Balaban J connectivity index is 1.83. The monoisotopic (exact) mass is 1050 g/mol. The van der Waals surface area contributed by atoms with Gasteiger partial charge >= 0.3 is 33.3 Å². The highest BCUT2D eigenvalue weighted by Crippen LogP contribution is 2.60. The average Bonchev–Trinajstić information content (AvgIpc) is 3.62. The van der Waals surface area contributed by atoms with Gasteiger partial charge in [0, 0.05) is 19.0 Å². The number of carbonyl (C=O) groups excluding carboxylic acids is 2. The SMILES string of the molecule is CCCCC/C=C\C/C=C\C/C=C\C/C=C\C/C=C\CCC(=O)O[C@H](COC(=O)CCCCCCCCC/C=C\CCCCCC)COP(=O)(O)OP(=O)(O)OC[C@H]1O[C@@H](n2ccc(N)nc2=O)C(O)[C@H]1O. The summed E-state index contributed by atoms with van der Waals surface area (Å²) in [5.74, 6) is -1.40. The molecule has 1 saturated heterocycles. The largest absolute Gasteiger partial charge is 0.481 e. The second kappa shape index (κ2) is 39.6. The van der Waals surface area contributed by atoms with Gasteiger partial charge in [-0.2, -0.15) is 9.29 Å². The maximum Gasteiger partial charge on any atom is 0.481 e. The maximum absolute atomic E-state index is 12.8. The molecule has 1 aromatic heterocycles. The van der Waals surface area contributed by atoms with Crippen LogP contribution >= 0.6 is 15.6 Å². The molecule has 72 heavy (non-hydrogen) atoms. The number of nitrogens with zero attached hydrogens (tertiary/aromatic N) is 2. The number of phosphoric ester groups is 2. The number of phosphoric acid groups is 2. The van der Waals surface area contributed by atoms with Crippen LogP contribution in [0.1, 0.15) is 174 Å².